The zero-order valence-corrected chi connectivity index (χ0v) is 22.7. The second kappa shape index (κ2) is 10.3. The summed E-state index contributed by atoms with van der Waals surface area (Å²) in [5, 5.41) is 12.6. The summed E-state index contributed by atoms with van der Waals surface area (Å²) < 4.78 is 25.1. The zero-order valence-electron chi connectivity index (χ0n) is 20.4. The Labute approximate surface area is 221 Å². The molecule has 0 amide bonds. The third-order valence-electron chi connectivity index (χ3n) is 7.31. The third kappa shape index (κ3) is 5.56. The lowest BCUT2D eigenvalue weighted by molar-refractivity contribution is 0.164. The Morgan fingerprint density at radius 2 is 2.06 bits per heavy atom. The molecule has 3 aromatic rings. The van der Waals surface area contributed by atoms with Gasteiger partial charge in [-0.1, -0.05) is 29.3 Å². The van der Waals surface area contributed by atoms with E-state index in [-0.39, 0.29) is 17.8 Å². The first kappa shape index (κ1) is 25.5. The van der Waals surface area contributed by atoms with Gasteiger partial charge >= 0.3 is 0 Å². The van der Waals surface area contributed by atoms with Crippen molar-refractivity contribution in [3.63, 3.8) is 0 Å². The summed E-state index contributed by atoms with van der Waals surface area (Å²) in [4.78, 5) is 11.3. The Bertz CT molecular complexity index is 1340. The molecule has 2 aliphatic heterocycles. The molecule has 1 aromatic carbocycles. The van der Waals surface area contributed by atoms with Crippen LogP contribution in [0.1, 0.15) is 37.8 Å². The largest absolute Gasteiger partial charge is 0.363 e. The van der Waals surface area contributed by atoms with Gasteiger partial charge in [-0.2, -0.15) is 19.6 Å². The minimum Gasteiger partial charge on any atom is -0.363 e. The molecule has 9 nitrogen and oxygen atoms in total. The average molecular weight is 553 g/mol. The number of hydrogen-bond acceptors (Lipinski definition) is 8. The second-order valence-corrected chi connectivity index (χ2v) is 13.1. The van der Waals surface area contributed by atoms with Gasteiger partial charge in [0.1, 0.15) is 27.8 Å². The van der Waals surface area contributed by atoms with Crippen LogP contribution in [0.25, 0.3) is 5.78 Å². The Balaban J connectivity index is 1.30. The van der Waals surface area contributed by atoms with Crippen LogP contribution in [0, 0.1) is 11.8 Å². The van der Waals surface area contributed by atoms with Crippen molar-refractivity contribution in [3.8, 4) is 0 Å². The quantitative estimate of drug-likeness (QED) is 0.435. The van der Waals surface area contributed by atoms with E-state index in [9.17, 15) is 8.42 Å². The molecule has 5 rings (SSSR count). The highest BCUT2D eigenvalue weighted by Gasteiger charge is 2.39. The van der Waals surface area contributed by atoms with Gasteiger partial charge in [0.05, 0.1) is 11.8 Å². The van der Waals surface area contributed by atoms with Gasteiger partial charge in [0.25, 0.3) is 5.78 Å². The number of aromatic nitrogens is 4. The molecule has 0 bridgehead atoms. The van der Waals surface area contributed by atoms with Crippen LogP contribution in [0.2, 0.25) is 10.0 Å². The molecule has 0 saturated carbocycles. The molecule has 12 heteroatoms. The summed E-state index contributed by atoms with van der Waals surface area (Å²) in [6.07, 6.45) is 5.73. The van der Waals surface area contributed by atoms with Gasteiger partial charge in [-0.3, -0.25) is 0 Å². The summed E-state index contributed by atoms with van der Waals surface area (Å²) in [5.41, 5.74) is 0.932. The van der Waals surface area contributed by atoms with E-state index in [1.165, 1.54) is 12.6 Å². The zero-order chi connectivity index (χ0) is 25.4. The number of benzene rings is 1. The lowest BCUT2D eigenvalue weighted by Gasteiger charge is -2.48. The van der Waals surface area contributed by atoms with Gasteiger partial charge in [0.2, 0.25) is 0 Å². The molecule has 2 fully saturated rings. The van der Waals surface area contributed by atoms with Crippen molar-refractivity contribution in [2.75, 3.05) is 41.9 Å². The molecule has 0 spiro atoms. The molecule has 2 aliphatic rings. The number of rotatable bonds is 8. The predicted octanol–water partition coefficient (Wildman–Crippen LogP) is 3.84. The first-order valence-corrected chi connectivity index (χ1v) is 15.1. The monoisotopic (exact) mass is 551 g/mol. The average Bonchev–Trinajstić information content (AvgIpc) is 3.26. The topological polar surface area (TPSA) is 105 Å². The Morgan fingerprint density at radius 3 is 2.81 bits per heavy atom. The number of anilines is 2. The van der Waals surface area contributed by atoms with Crippen molar-refractivity contribution in [2.24, 2.45) is 11.8 Å². The van der Waals surface area contributed by atoms with Gasteiger partial charge in [-0.25, -0.2) is 8.42 Å². The number of halogens is 2. The van der Waals surface area contributed by atoms with E-state index in [2.05, 4.69) is 25.6 Å². The molecule has 194 valence electrons. The van der Waals surface area contributed by atoms with Crippen LogP contribution in [0.4, 0.5) is 11.6 Å². The fourth-order valence-electron chi connectivity index (χ4n) is 5.39. The summed E-state index contributed by atoms with van der Waals surface area (Å²) in [7, 11) is -2.97. The van der Waals surface area contributed by atoms with Crippen LogP contribution in [0.15, 0.2) is 30.6 Å². The van der Waals surface area contributed by atoms with Gasteiger partial charge in [-0.05, 0) is 62.3 Å². The fraction of sp³-hybridized carbons (Fsp3) is 0.542. The number of nitrogens with one attached hydrogen (secondary N) is 2. The number of fused-ring (bicyclic) bond motifs is 1. The maximum atomic E-state index is 11.7. The number of piperidine rings is 1. The Hall–Kier alpha value is -2.14. The second-order valence-electron chi connectivity index (χ2n) is 9.95. The van der Waals surface area contributed by atoms with Crippen molar-refractivity contribution in [2.45, 2.75) is 38.3 Å². The molecule has 36 heavy (non-hydrogen) atoms. The maximum absolute atomic E-state index is 11.7. The maximum Gasteiger partial charge on any atom is 0.256 e. The molecule has 3 atom stereocenters. The highest BCUT2D eigenvalue weighted by molar-refractivity contribution is 7.90. The molecule has 2 N–H and O–H groups in total. The van der Waals surface area contributed by atoms with Gasteiger partial charge in [-0.15, -0.1) is 0 Å². The highest BCUT2D eigenvalue weighted by atomic mass is 35.5. The van der Waals surface area contributed by atoms with Crippen molar-refractivity contribution < 1.29 is 8.42 Å². The standard InChI is InChI=1S/C24H31Cl2N7O2S/c1-15(18-6-5-17(25)10-20(18)26)30-23-11-22(31-24-28-14-29-33(23)24)32-12-16(13-32)19-4-3-8-27-21(19)7-9-36(2,34)35/h5-6,10-11,14-16,19,21,27,30H,3-4,7-9,12-13H2,1-2H3/t15?,19?,21-/m1/s1. The SMILES string of the molecule is CC(Nc1cc(N2CC(C3CCCN[C@@H]3CCS(C)(=O)=O)C2)nc2ncnn12)c1ccc(Cl)cc1Cl. The highest BCUT2D eigenvalue weighted by Crippen LogP contribution is 2.36. The molecule has 4 heterocycles. The van der Waals surface area contributed by atoms with E-state index < -0.39 is 9.84 Å². The van der Waals surface area contributed by atoms with Crippen LogP contribution < -0.4 is 15.5 Å². The molecule has 0 aliphatic carbocycles. The van der Waals surface area contributed by atoms with E-state index in [0.717, 1.165) is 49.7 Å². The molecule has 0 radical (unpaired) electrons. The molecular weight excluding hydrogens is 521 g/mol. The normalized spacial score (nSPS) is 21.9. The van der Waals surface area contributed by atoms with Crippen LogP contribution >= 0.6 is 23.2 Å². The fourth-order valence-corrected chi connectivity index (χ4v) is 6.64. The van der Waals surface area contributed by atoms with E-state index in [1.807, 2.05) is 25.1 Å². The minimum atomic E-state index is -2.97. The Kier molecular flexibility index (Phi) is 7.31. The van der Waals surface area contributed by atoms with Gasteiger partial charge in [0.15, 0.2) is 0 Å². The number of hydrogen-bond donors (Lipinski definition) is 2. The smallest absolute Gasteiger partial charge is 0.256 e. The third-order valence-corrected chi connectivity index (χ3v) is 8.85. The van der Waals surface area contributed by atoms with Crippen LogP contribution in [-0.2, 0) is 9.84 Å². The van der Waals surface area contributed by atoms with Gasteiger partial charge < -0.3 is 15.5 Å². The summed E-state index contributed by atoms with van der Waals surface area (Å²) in [6, 6.07) is 7.64. The summed E-state index contributed by atoms with van der Waals surface area (Å²) >= 11 is 12.5. The van der Waals surface area contributed by atoms with E-state index in [4.69, 9.17) is 28.2 Å². The van der Waals surface area contributed by atoms with Crippen molar-refractivity contribution in [3.05, 3.63) is 46.2 Å². The molecule has 2 aromatic heterocycles. The van der Waals surface area contributed by atoms with E-state index in [1.54, 1.807) is 10.6 Å². The molecular formula is C24H31Cl2N7O2S. The lowest BCUT2D eigenvalue weighted by atomic mass is 9.75. The lowest BCUT2D eigenvalue weighted by Crippen LogP contribution is -2.56. The first-order chi connectivity index (χ1) is 17.2. The van der Waals surface area contributed by atoms with Crippen molar-refractivity contribution >= 4 is 50.5 Å². The number of sulfone groups is 1. The van der Waals surface area contributed by atoms with E-state index >= 15 is 0 Å². The van der Waals surface area contributed by atoms with Gasteiger partial charge in [0, 0.05) is 41.5 Å². The number of nitrogens with zero attached hydrogens (tertiary/aromatic N) is 5. The van der Waals surface area contributed by atoms with Crippen molar-refractivity contribution in [1.29, 1.82) is 0 Å². The first-order valence-electron chi connectivity index (χ1n) is 12.3. The van der Waals surface area contributed by atoms with Crippen LogP contribution in [0.3, 0.4) is 0 Å². The van der Waals surface area contributed by atoms with Crippen LogP contribution in [-0.4, -0.2) is 65.7 Å². The molecule has 2 unspecified atom stereocenters. The van der Waals surface area contributed by atoms with Crippen molar-refractivity contribution in [1.82, 2.24) is 24.9 Å². The van der Waals surface area contributed by atoms with Crippen LogP contribution in [0.5, 0.6) is 0 Å². The minimum absolute atomic E-state index is 0.0922. The summed E-state index contributed by atoms with van der Waals surface area (Å²) in [6.45, 7) is 4.76. The predicted molar refractivity (Wildman–Crippen MR) is 144 cm³/mol. The summed E-state index contributed by atoms with van der Waals surface area (Å²) in [5.74, 6) is 3.35. The Morgan fingerprint density at radius 1 is 1.25 bits per heavy atom. The molecule has 2 saturated heterocycles. The van der Waals surface area contributed by atoms with E-state index in [0.29, 0.717) is 34.1 Å².